The Labute approximate surface area is 79.1 Å². The van der Waals surface area contributed by atoms with E-state index in [1.165, 1.54) is 0 Å². The van der Waals surface area contributed by atoms with E-state index in [1.807, 2.05) is 0 Å². The summed E-state index contributed by atoms with van der Waals surface area (Å²) in [6.45, 7) is 5.33. The summed E-state index contributed by atoms with van der Waals surface area (Å²) in [5.74, 6) is -0.210. The van der Waals surface area contributed by atoms with Crippen LogP contribution in [0, 0.1) is 11.3 Å². The molecule has 76 valence electrons. The summed E-state index contributed by atoms with van der Waals surface area (Å²) in [5.41, 5.74) is -0.508. The molecule has 1 fully saturated rings. The maximum absolute atomic E-state index is 11.2. The Balaban J connectivity index is 2.67. The van der Waals surface area contributed by atoms with E-state index in [2.05, 4.69) is 13.8 Å². The van der Waals surface area contributed by atoms with Gasteiger partial charge in [-0.05, 0) is 25.2 Å². The van der Waals surface area contributed by atoms with Crippen molar-refractivity contribution in [1.29, 1.82) is 0 Å². The Hall–Kier alpha value is -0.570. The van der Waals surface area contributed by atoms with E-state index in [0.717, 1.165) is 6.42 Å². The first kappa shape index (κ1) is 10.5. The molecule has 0 aliphatic carbocycles. The van der Waals surface area contributed by atoms with Crippen molar-refractivity contribution >= 4 is 5.97 Å². The Kier molecular flexibility index (Phi) is 3.31. The third-order valence-corrected chi connectivity index (χ3v) is 2.70. The lowest BCUT2D eigenvalue weighted by atomic mass is 9.74. The molecular weight excluding hydrogens is 168 g/mol. The molecule has 0 aromatic carbocycles. The summed E-state index contributed by atoms with van der Waals surface area (Å²) in [6, 6.07) is 0. The largest absolute Gasteiger partial charge is 0.481 e. The van der Waals surface area contributed by atoms with Crippen molar-refractivity contribution in [1.82, 2.24) is 0 Å². The zero-order valence-corrected chi connectivity index (χ0v) is 8.38. The maximum atomic E-state index is 11.2. The molecule has 0 aromatic heterocycles. The number of carboxylic acids is 1. The molecule has 0 atom stereocenters. The van der Waals surface area contributed by atoms with Crippen LogP contribution in [0.5, 0.6) is 0 Å². The van der Waals surface area contributed by atoms with Crippen LogP contribution in [0.2, 0.25) is 0 Å². The zero-order valence-electron chi connectivity index (χ0n) is 8.38. The average Bonchev–Trinajstić information content (AvgIpc) is 2.04. The SMILES string of the molecule is CC(C)CC1(C(=O)O)CCOCC1. The first-order valence-corrected chi connectivity index (χ1v) is 4.88. The third kappa shape index (κ3) is 2.44. The summed E-state index contributed by atoms with van der Waals surface area (Å²) in [5, 5.41) is 9.18. The molecule has 1 aliphatic heterocycles. The number of aliphatic carboxylic acids is 1. The summed E-state index contributed by atoms with van der Waals surface area (Å²) in [4.78, 5) is 11.2. The molecule has 0 spiro atoms. The minimum absolute atomic E-state index is 0.439. The molecule has 3 heteroatoms. The van der Waals surface area contributed by atoms with Crippen LogP contribution in [0.15, 0.2) is 0 Å². The fourth-order valence-corrected chi connectivity index (χ4v) is 2.05. The van der Waals surface area contributed by atoms with E-state index >= 15 is 0 Å². The van der Waals surface area contributed by atoms with Gasteiger partial charge < -0.3 is 9.84 Å². The van der Waals surface area contributed by atoms with Gasteiger partial charge >= 0.3 is 5.97 Å². The van der Waals surface area contributed by atoms with Gasteiger partial charge in [0, 0.05) is 13.2 Å². The van der Waals surface area contributed by atoms with Gasteiger partial charge in [-0.15, -0.1) is 0 Å². The molecule has 1 aliphatic rings. The molecule has 13 heavy (non-hydrogen) atoms. The van der Waals surface area contributed by atoms with Gasteiger partial charge in [-0.3, -0.25) is 4.79 Å². The monoisotopic (exact) mass is 186 g/mol. The van der Waals surface area contributed by atoms with Gasteiger partial charge in [-0.1, -0.05) is 13.8 Å². The molecule has 0 aromatic rings. The topological polar surface area (TPSA) is 46.5 Å². The van der Waals surface area contributed by atoms with Crippen LogP contribution in [0.3, 0.4) is 0 Å². The van der Waals surface area contributed by atoms with Gasteiger partial charge in [0.25, 0.3) is 0 Å². The zero-order chi connectivity index (χ0) is 9.90. The number of carbonyl (C=O) groups is 1. The Morgan fingerprint density at radius 1 is 1.46 bits per heavy atom. The van der Waals surface area contributed by atoms with E-state index < -0.39 is 11.4 Å². The number of hydrogen-bond acceptors (Lipinski definition) is 2. The highest BCUT2D eigenvalue weighted by molar-refractivity contribution is 5.74. The van der Waals surface area contributed by atoms with Crippen molar-refractivity contribution in [3.05, 3.63) is 0 Å². The van der Waals surface area contributed by atoms with Gasteiger partial charge in [0.2, 0.25) is 0 Å². The number of carboxylic acid groups (broad SMARTS) is 1. The van der Waals surface area contributed by atoms with E-state index in [1.54, 1.807) is 0 Å². The Morgan fingerprint density at radius 2 is 2.00 bits per heavy atom. The van der Waals surface area contributed by atoms with Crippen molar-refractivity contribution in [2.24, 2.45) is 11.3 Å². The van der Waals surface area contributed by atoms with Crippen LogP contribution in [-0.4, -0.2) is 24.3 Å². The smallest absolute Gasteiger partial charge is 0.309 e. The Bertz CT molecular complexity index is 181. The van der Waals surface area contributed by atoms with Gasteiger partial charge in [0.05, 0.1) is 5.41 Å². The van der Waals surface area contributed by atoms with Gasteiger partial charge in [-0.25, -0.2) is 0 Å². The van der Waals surface area contributed by atoms with Crippen LogP contribution < -0.4 is 0 Å². The first-order valence-electron chi connectivity index (χ1n) is 4.88. The van der Waals surface area contributed by atoms with Crippen LogP contribution >= 0.6 is 0 Å². The second-order valence-corrected chi connectivity index (χ2v) is 4.30. The van der Waals surface area contributed by atoms with Crippen molar-refractivity contribution < 1.29 is 14.6 Å². The molecule has 1 rings (SSSR count). The molecule has 0 unspecified atom stereocenters. The molecule has 0 radical (unpaired) electrons. The lowest BCUT2D eigenvalue weighted by Gasteiger charge is -2.34. The van der Waals surface area contributed by atoms with Gasteiger partial charge in [-0.2, -0.15) is 0 Å². The van der Waals surface area contributed by atoms with E-state index in [4.69, 9.17) is 4.74 Å². The summed E-state index contributed by atoms with van der Waals surface area (Å²) in [7, 11) is 0. The van der Waals surface area contributed by atoms with E-state index in [0.29, 0.717) is 32.0 Å². The lowest BCUT2D eigenvalue weighted by molar-refractivity contribution is -0.156. The highest BCUT2D eigenvalue weighted by Gasteiger charge is 2.40. The summed E-state index contributed by atoms with van der Waals surface area (Å²) >= 11 is 0. The normalized spacial score (nSPS) is 21.8. The fraction of sp³-hybridized carbons (Fsp3) is 0.900. The molecule has 3 nitrogen and oxygen atoms in total. The van der Waals surface area contributed by atoms with Crippen LogP contribution in [0.1, 0.15) is 33.1 Å². The van der Waals surface area contributed by atoms with Gasteiger partial charge in [0.1, 0.15) is 0 Å². The molecule has 0 amide bonds. The minimum Gasteiger partial charge on any atom is -0.481 e. The molecule has 0 saturated carbocycles. The third-order valence-electron chi connectivity index (χ3n) is 2.70. The van der Waals surface area contributed by atoms with Crippen LogP contribution in [0.25, 0.3) is 0 Å². The summed E-state index contributed by atoms with van der Waals surface area (Å²) in [6.07, 6.45) is 2.10. The standard InChI is InChI=1S/C10H18O3/c1-8(2)7-10(9(11)12)3-5-13-6-4-10/h8H,3-7H2,1-2H3,(H,11,12). The number of ether oxygens (including phenoxy) is 1. The van der Waals surface area contributed by atoms with E-state index in [9.17, 15) is 9.90 Å². The molecule has 0 bridgehead atoms. The number of hydrogen-bond donors (Lipinski definition) is 1. The minimum atomic E-state index is -0.649. The predicted octanol–water partition coefficient (Wildman–Crippen LogP) is 1.91. The molecular formula is C10H18O3. The van der Waals surface area contributed by atoms with Crippen LogP contribution in [0.4, 0.5) is 0 Å². The van der Waals surface area contributed by atoms with E-state index in [-0.39, 0.29) is 0 Å². The van der Waals surface area contributed by atoms with Crippen molar-refractivity contribution in [3.8, 4) is 0 Å². The fourth-order valence-electron chi connectivity index (χ4n) is 2.05. The first-order chi connectivity index (χ1) is 6.07. The lowest BCUT2D eigenvalue weighted by Crippen LogP contribution is -2.38. The summed E-state index contributed by atoms with van der Waals surface area (Å²) < 4.78 is 5.19. The highest BCUT2D eigenvalue weighted by Crippen LogP contribution is 2.37. The molecule has 1 saturated heterocycles. The average molecular weight is 186 g/mol. The molecule has 1 heterocycles. The maximum Gasteiger partial charge on any atom is 0.309 e. The number of rotatable bonds is 3. The van der Waals surface area contributed by atoms with Crippen molar-refractivity contribution in [3.63, 3.8) is 0 Å². The van der Waals surface area contributed by atoms with Crippen molar-refractivity contribution in [2.75, 3.05) is 13.2 Å². The van der Waals surface area contributed by atoms with Crippen molar-refractivity contribution in [2.45, 2.75) is 33.1 Å². The predicted molar refractivity (Wildman–Crippen MR) is 49.6 cm³/mol. The Morgan fingerprint density at radius 3 is 2.38 bits per heavy atom. The second-order valence-electron chi connectivity index (χ2n) is 4.30. The van der Waals surface area contributed by atoms with Gasteiger partial charge in [0.15, 0.2) is 0 Å². The highest BCUT2D eigenvalue weighted by atomic mass is 16.5. The van der Waals surface area contributed by atoms with Crippen LogP contribution in [-0.2, 0) is 9.53 Å². The molecule has 1 N–H and O–H groups in total. The quantitative estimate of drug-likeness (QED) is 0.732. The second kappa shape index (κ2) is 4.09.